The summed E-state index contributed by atoms with van der Waals surface area (Å²) in [6.07, 6.45) is 1.98. The van der Waals surface area contributed by atoms with E-state index < -0.39 is 0 Å². The number of esters is 1. The first-order valence-corrected chi connectivity index (χ1v) is 5.80. The lowest BCUT2D eigenvalue weighted by atomic mass is 9.93. The molecule has 1 rings (SSSR count). The maximum absolute atomic E-state index is 11.7. The van der Waals surface area contributed by atoms with Crippen molar-refractivity contribution >= 4 is 5.97 Å². The lowest BCUT2D eigenvalue weighted by Gasteiger charge is -2.19. The molecule has 3 heteroatoms. The molecule has 0 aromatic heterocycles. The maximum atomic E-state index is 11.7. The van der Waals surface area contributed by atoms with Crippen molar-refractivity contribution in [1.82, 2.24) is 5.32 Å². The van der Waals surface area contributed by atoms with Crippen LogP contribution in [0, 0.1) is 11.3 Å². The molecule has 0 saturated carbocycles. The molecule has 0 amide bonds. The largest absolute Gasteiger partial charge is 0.464 e. The highest BCUT2D eigenvalue weighted by Gasteiger charge is 2.30. The molecule has 15 heavy (non-hydrogen) atoms. The van der Waals surface area contributed by atoms with Crippen molar-refractivity contribution < 1.29 is 9.53 Å². The molecular formula is C12H23NO2. The number of nitrogens with one attached hydrogen (secondary N) is 1. The molecule has 1 heterocycles. The van der Waals surface area contributed by atoms with Gasteiger partial charge >= 0.3 is 5.97 Å². The van der Waals surface area contributed by atoms with E-state index in [0.29, 0.717) is 12.5 Å². The number of hydrogen-bond acceptors (Lipinski definition) is 3. The first-order valence-electron chi connectivity index (χ1n) is 5.80. The van der Waals surface area contributed by atoms with Gasteiger partial charge in [0.05, 0.1) is 6.61 Å². The second-order valence-electron chi connectivity index (χ2n) is 5.68. The van der Waals surface area contributed by atoms with Gasteiger partial charge in [0.2, 0.25) is 0 Å². The van der Waals surface area contributed by atoms with Gasteiger partial charge in [-0.3, -0.25) is 4.79 Å². The number of carbonyl (C=O) groups is 1. The minimum absolute atomic E-state index is 0.0787. The smallest absolute Gasteiger partial charge is 0.323 e. The van der Waals surface area contributed by atoms with Gasteiger partial charge in [0.25, 0.3) is 0 Å². The van der Waals surface area contributed by atoms with E-state index in [1.54, 1.807) is 0 Å². The fourth-order valence-corrected chi connectivity index (χ4v) is 1.70. The summed E-state index contributed by atoms with van der Waals surface area (Å²) in [6, 6.07) is -0.0787. The van der Waals surface area contributed by atoms with Crippen molar-refractivity contribution in [2.75, 3.05) is 13.2 Å². The van der Waals surface area contributed by atoms with E-state index in [2.05, 4.69) is 33.0 Å². The third-order valence-electron chi connectivity index (χ3n) is 2.88. The molecule has 0 bridgehead atoms. The number of rotatable bonds is 3. The summed E-state index contributed by atoms with van der Waals surface area (Å²) in [7, 11) is 0. The lowest BCUT2D eigenvalue weighted by Crippen LogP contribution is -2.36. The molecule has 0 aliphatic carbocycles. The highest BCUT2D eigenvalue weighted by Crippen LogP contribution is 2.19. The van der Waals surface area contributed by atoms with Gasteiger partial charge < -0.3 is 10.1 Å². The molecule has 88 valence electrons. The van der Waals surface area contributed by atoms with Crippen molar-refractivity contribution in [2.45, 2.75) is 46.6 Å². The molecule has 0 radical (unpaired) electrons. The number of ether oxygens (including phenoxy) is 1. The molecule has 3 nitrogen and oxygen atoms in total. The number of carbonyl (C=O) groups excluding carboxylic acids is 1. The predicted octanol–water partition coefficient (Wildman–Crippen LogP) is 1.96. The summed E-state index contributed by atoms with van der Waals surface area (Å²) < 4.78 is 5.27. The molecule has 1 N–H and O–H groups in total. The molecule has 0 spiro atoms. The Kier molecular flexibility index (Phi) is 4.14. The standard InChI is InChI=1S/C12H23NO2/c1-9-5-7-13-10(9)11(14)15-8-6-12(2,3)4/h9-10,13H,5-8H2,1-4H3. The second-order valence-corrected chi connectivity index (χ2v) is 5.68. The highest BCUT2D eigenvalue weighted by atomic mass is 16.5. The summed E-state index contributed by atoms with van der Waals surface area (Å²) in [6.45, 7) is 10.0. The Bertz CT molecular complexity index is 220. The van der Waals surface area contributed by atoms with Crippen LogP contribution < -0.4 is 5.32 Å². The Morgan fingerprint density at radius 1 is 1.47 bits per heavy atom. The minimum Gasteiger partial charge on any atom is -0.464 e. The summed E-state index contributed by atoms with van der Waals surface area (Å²) in [4.78, 5) is 11.7. The summed E-state index contributed by atoms with van der Waals surface area (Å²) in [5.74, 6) is 0.330. The topological polar surface area (TPSA) is 38.3 Å². The van der Waals surface area contributed by atoms with Crippen molar-refractivity contribution in [1.29, 1.82) is 0 Å². The zero-order valence-electron chi connectivity index (χ0n) is 10.3. The van der Waals surface area contributed by atoms with Crippen molar-refractivity contribution in [3.63, 3.8) is 0 Å². The van der Waals surface area contributed by atoms with Crippen molar-refractivity contribution in [3.05, 3.63) is 0 Å². The third kappa shape index (κ3) is 4.20. The zero-order valence-corrected chi connectivity index (χ0v) is 10.3. The van der Waals surface area contributed by atoms with Gasteiger partial charge in [0.15, 0.2) is 0 Å². The zero-order chi connectivity index (χ0) is 11.5. The maximum Gasteiger partial charge on any atom is 0.323 e. The normalized spacial score (nSPS) is 26.7. The quantitative estimate of drug-likeness (QED) is 0.728. The monoisotopic (exact) mass is 213 g/mol. The fourth-order valence-electron chi connectivity index (χ4n) is 1.70. The van der Waals surface area contributed by atoms with Crippen LogP contribution in [0.5, 0.6) is 0 Å². The van der Waals surface area contributed by atoms with Crippen LogP contribution in [0.25, 0.3) is 0 Å². The van der Waals surface area contributed by atoms with E-state index in [9.17, 15) is 4.79 Å². The van der Waals surface area contributed by atoms with E-state index in [1.165, 1.54) is 0 Å². The van der Waals surface area contributed by atoms with Gasteiger partial charge in [0, 0.05) is 0 Å². The first kappa shape index (κ1) is 12.5. The van der Waals surface area contributed by atoms with Crippen LogP contribution in [0.1, 0.15) is 40.5 Å². The van der Waals surface area contributed by atoms with Gasteiger partial charge in [-0.2, -0.15) is 0 Å². The van der Waals surface area contributed by atoms with Crippen LogP contribution in [0.15, 0.2) is 0 Å². The molecule has 2 unspecified atom stereocenters. The molecule has 0 aromatic rings. The van der Waals surface area contributed by atoms with E-state index in [1.807, 2.05) is 0 Å². The molecule has 2 atom stereocenters. The van der Waals surface area contributed by atoms with Crippen LogP contribution in [0.4, 0.5) is 0 Å². The van der Waals surface area contributed by atoms with Gasteiger partial charge in [-0.15, -0.1) is 0 Å². The molecular weight excluding hydrogens is 190 g/mol. The van der Waals surface area contributed by atoms with Crippen molar-refractivity contribution in [3.8, 4) is 0 Å². The van der Waals surface area contributed by atoms with Crippen LogP contribution in [-0.2, 0) is 9.53 Å². The third-order valence-corrected chi connectivity index (χ3v) is 2.88. The Labute approximate surface area is 92.6 Å². The fraction of sp³-hybridized carbons (Fsp3) is 0.917. The second kappa shape index (κ2) is 4.97. The average Bonchev–Trinajstić information content (AvgIpc) is 2.48. The average molecular weight is 213 g/mol. The molecule has 1 saturated heterocycles. The SMILES string of the molecule is CC1CCNC1C(=O)OCCC(C)(C)C. The first-order chi connectivity index (χ1) is 6.90. The van der Waals surface area contributed by atoms with Crippen LogP contribution in [0.3, 0.4) is 0 Å². The van der Waals surface area contributed by atoms with Gasteiger partial charge in [-0.25, -0.2) is 0 Å². The highest BCUT2D eigenvalue weighted by molar-refractivity contribution is 5.76. The van der Waals surface area contributed by atoms with Crippen molar-refractivity contribution in [2.24, 2.45) is 11.3 Å². The molecule has 1 fully saturated rings. The van der Waals surface area contributed by atoms with Crippen LogP contribution in [-0.4, -0.2) is 25.2 Å². The van der Waals surface area contributed by atoms with E-state index in [4.69, 9.17) is 4.74 Å². The summed E-state index contributed by atoms with van der Waals surface area (Å²) in [5.41, 5.74) is 0.231. The van der Waals surface area contributed by atoms with Crippen LogP contribution in [0.2, 0.25) is 0 Å². The van der Waals surface area contributed by atoms with E-state index in [0.717, 1.165) is 19.4 Å². The van der Waals surface area contributed by atoms with E-state index in [-0.39, 0.29) is 17.4 Å². The van der Waals surface area contributed by atoms with Gasteiger partial charge in [-0.1, -0.05) is 27.7 Å². The Balaban J connectivity index is 2.24. The Morgan fingerprint density at radius 2 is 2.13 bits per heavy atom. The van der Waals surface area contributed by atoms with E-state index >= 15 is 0 Å². The Hall–Kier alpha value is -0.570. The molecule has 1 aliphatic heterocycles. The number of hydrogen-bond donors (Lipinski definition) is 1. The molecule has 1 aliphatic rings. The van der Waals surface area contributed by atoms with Gasteiger partial charge in [0.1, 0.15) is 6.04 Å². The Morgan fingerprint density at radius 3 is 2.60 bits per heavy atom. The molecule has 0 aromatic carbocycles. The summed E-state index contributed by atoms with van der Waals surface area (Å²) in [5, 5.41) is 3.18. The minimum atomic E-state index is -0.0794. The lowest BCUT2D eigenvalue weighted by molar-refractivity contribution is -0.147. The predicted molar refractivity (Wildman–Crippen MR) is 60.6 cm³/mol. The van der Waals surface area contributed by atoms with Gasteiger partial charge in [-0.05, 0) is 30.7 Å². The van der Waals surface area contributed by atoms with Crippen LogP contribution >= 0.6 is 0 Å². The summed E-state index contributed by atoms with van der Waals surface area (Å²) >= 11 is 0.